The zero-order valence-corrected chi connectivity index (χ0v) is 16.8. The van der Waals surface area contributed by atoms with Gasteiger partial charge in [0.2, 0.25) is 5.91 Å². The van der Waals surface area contributed by atoms with E-state index in [0.717, 1.165) is 20.6 Å². The van der Waals surface area contributed by atoms with E-state index in [2.05, 4.69) is 21.2 Å². The highest BCUT2D eigenvalue weighted by Gasteiger charge is 2.13. The molecule has 1 atom stereocenters. The minimum atomic E-state index is -0.632. The number of rotatable bonds is 9. The van der Waals surface area contributed by atoms with E-state index >= 15 is 0 Å². The molecule has 1 heterocycles. The largest absolute Gasteiger partial charge is 0.389 e. The van der Waals surface area contributed by atoms with Crippen molar-refractivity contribution in [1.29, 1.82) is 0 Å². The van der Waals surface area contributed by atoms with Gasteiger partial charge in [0.15, 0.2) is 0 Å². The van der Waals surface area contributed by atoms with Gasteiger partial charge in [0.1, 0.15) is 0 Å². The third kappa shape index (κ3) is 7.25. The van der Waals surface area contributed by atoms with E-state index in [-0.39, 0.29) is 19.1 Å². The number of carbonyl (C=O) groups excluding carboxylic acids is 1. The predicted molar refractivity (Wildman–Crippen MR) is 105 cm³/mol. The van der Waals surface area contributed by atoms with Crippen LogP contribution in [-0.4, -0.2) is 48.8 Å². The molecule has 0 spiro atoms. The molecule has 2 rings (SSSR count). The summed E-state index contributed by atoms with van der Waals surface area (Å²) >= 11 is 5.03. The van der Waals surface area contributed by atoms with Crippen LogP contribution in [0.2, 0.25) is 0 Å². The van der Waals surface area contributed by atoms with Crippen molar-refractivity contribution in [1.82, 2.24) is 4.90 Å². The van der Waals surface area contributed by atoms with Gasteiger partial charge in [0.05, 0.1) is 25.9 Å². The van der Waals surface area contributed by atoms with Gasteiger partial charge in [-0.25, -0.2) is 0 Å². The van der Waals surface area contributed by atoms with Crippen LogP contribution in [0.15, 0.2) is 40.2 Å². The lowest BCUT2D eigenvalue weighted by Gasteiger charge is -2.20. The summed E-state index contributed by atoms with van der Waals surface area (Å²) < 4.78 is 6.47. The van der Waals surface area contributed by atoms with Crippen LogP contribution in [0.25, 0.3) is 0 Å². The van der Waals surface area contributed by atoms with E-state index in [1.807, 2.05) is 42.6 Å². The molecule has 0 fully saturated rings. The number of aliphatic hydroxyl groups excluding tert-OH is 1. The molecule has 0 saturated heterocycles. The maximum atomic E-state index is 12.1. The van der Waals surface area contributed by atoms with Crippen LogP contribution in [-0.2, 0) is 16.1 Å². The molecule has 5 nitrogen and oxygen atoms in total. The Morgan fingerprint density at radius 2 is 2.24 bits per heavy atom. The number of hydrogen-bond acceptors (Lipinski definition) is 5. The number of halogens is 1. The Kier molecular flexibility index (Phi) is 8.05. The summed E-state index contributed by atoms with van der Waals surface area (Å²) in [6, 6.07) is 9.68. The van der Waals surface area contributed by atoms with Crippen LogP contribution in [0.5, 0.6) is 0 Å². The van der Waals surface area contributed by atoms with Crippen molar-refractivity contribution in [3.8, 4) is 0 Å². The van der Waals surface area contributed by atoms with Gasteiger partial charge in [-0.1, -0.05) is 22.0 Å². The highest BCUT2D eigenvalue weighted by Crippen LogP contribution is 2.19. The number of aliphatic hydroxyl groups is 1. The van der Waals surface area contributed by atoms with Crippen LogP contribution in [0.3, 0.4) is 0 Å². The SMILES string of the molecule is Cc1cc(Br)ccc1NC(=O)CN(C)CC(O)COCc1cccs1. The molecule has 0 saturated carbocycles. The van der Waals surface area contributed by atoms with Crippen LogP contribution in [0, 0.1) is 6.92 Å². The molecule has 25 heavy (non-hydrogen) atoms. The summed E-state index contributed by atoms with van der Waals surface area (Å²) in [7, 11) is 1.80. The monoisotopic (exact) mass is 426 g/mol. The zero-order valence-electron chi connectivity index (χ0n) is 14.4. The third-order valence-electron chi connectivity index (χ3n) is 3.53. The first kappa shape index (κ1) is 20.1. The van der Waals surface area contributed by atoms with Gasteiger partial charge in [0.25, 0.3) is 0 Å². The Bertz CT molecular complexity index is 679. The molecule has 0 radical (unpaired) electrons. The predicted octanol–water partition coefficient (Wildman–Crippen LogP) is 3.27. The summed E-state index contributed by atoms with van der Waals surface area (Å²) in [5.41, 5.74) is 1.79. The van der Waals surface area contributed by atoms with Gasteiger partial charge < -0.3 is 15.2 Å². The number of carbonyl (C=O) groups is 1. The lowest BCUT2D eigenvalue weighted by Crippen LogP contribution is -2.37. The van der Waals surface area contributed by atoms with Crippen LogP contribution in [0.4, 0.5) is 5.69 Å². The van der Waals surface area contributed by atoms with Crippen molar-refractivity contribution in [3.63, 3.8) is 0 Å². The Morgan fingerprint density at radius 1 is 1.44 bits per heavy atom. The minimum absolute atomic E-state index is 0.111. The normalized spacial score (nSPS) is 12.4. The van der Waals surface area contributed by atoms with Crippen LogP contribution < -0.4 is 5.32 Å². The van der Waals surface area contributed by atoms with E-state index < -0.39 is 6.10 Å². The first-order valence-electron chi connectivity index (χ1n) is 7.97. The van der Waals surface area contributed by atoms with E-state index in [1.54, 1.807) is 23.3 Å². The van der Waals surface area contributed by atoms with Crippen molar-refractivity contribution in [2.24, 2.45) is 0 Å². The smallest absolute Gasteiger partial charge is 0.238 e. The molecule has 2 aromatic rings. The standard InChI is InChI=1S/C18H23BrN2O3S/c1-13-8-14(19)5-6-17(13)20-18(23)10-21(2)9-15(22)11-24-12-16-4-3-7-25-16/h3-8,15,22H,9-12H2,1-2H3,(H,20,23). The third-order valence-corrected chi connectivity index (χ3v) is 4.88. The number of aryl methyl sites for hydroxylation is 1. The molecule has 1 aromatic carbocycles. The molecule has 136 valence electrons. The first-order valence-corrected chi connectivity index (χ1v) is 9.64. The number of ether oxygens (including phenoxy) is 1. The second-order valence-corrected chi connectivity index (χ2v) is 7.90. The van der Waals surface area contributed by atoms with E-state index in [0.29, 0.717) is 13.2 Å². The van der Waals surface area contributed by atoms with Crippen LogP contribution >= 0.6 is 27.3 Å². The number of amides is 1. The summed E-state index contributed by atoms with van der Waals surface area (Å²) in [6.45, 7) is 3.27. The van der Waals surface area contributed by atoms with Gasteiger partial charge in [0, 0.05) is 21.6 Å². The summed E-state index contributed by atoms with van der Waals surface area (Å²) in [5, 5.41) is 14.9. The molecule has 1 aromatic heterocycles. The number of likely N-dealkylation sites (N-methyl/N-ethyl adjacent to an activating group) is 1. The molecular formula is C18H23BrN2O3S. The van der Waals surface area contributed by atoms with E-state index in [1.165, 1.54) is 0 Å². The number of hydrogen-bond donors (Lipinski definition) is 2. The highest BCUT2D eigenvalue weighted by molar-refractivity contribution is 9.10. The fraction of sp³-hybridized carbons (Fsp3) is 0.389. The van der Waals surface area contributed by atoms with Crippen molar-refractivity contribution in [2.75, 3.05) is 32.1 Å². The molecular weight excluding hydrogens is 404 g/mol. The second-order valence-electron chi connectivity index (χ2n) is 5.95. The lowest BCUT2D eigenvalue weighted by atomic mass is 10.2. The molecule has 2 N–H and O–H groups in total. The number of thiophene rings is 1. The molecule has 0 aliphatic rings. The Balaban J connectivity index is 1.69. The molecule has 0 bridgehead atoms. The van der Waals surface area contributed by atoms with Gasteiger partial charge in [-0.2, -0.15) is 0 Å². The van der Waals surface area contributed by atoms with Crippen molar-refractivity contribution in [3.05, 3.63) is 50.6 Å². The van der Waals surface area contributed by atoms with Gasteiger partial charge in [-0.05, 0) is 49.2 Å². The topological polar surface area (TPSA) is 61.8 Å². The lowest BCUT2D eigenvalue weighted by molar-refractivity contribution is -0.117. The quantitative estimate of drug-likeness (QED) is 0.645. The maximum absolute atomic E-state index is 12.1. The Morgan fingerprint density at radius 3 is 2.92 bits per heavy atom. The fourth-order valence-corrected chi connectivity index (χ4v) is 3.49. The molecule has 1 amide bonds. The Hall–Kier alpha value is -1.25. The average Bonchev–Trinajstić information content (AvgIpc) is 3.03. The summed E-state index contributed by atoms with van der Waals surface area (Å²) in [5.74, 6) is -0.111. The fourth-order valence-electron chi connectivity index (χ4n) is 2.37. The number of nitrogens with one attached hydrogen (secondary N) is 1. The Labute approximate surface area is 160 Å². The van der Waals surface area contributed by atoms with Crippen molar-refractivity contribution >= 4 is 38.9 Å². The van der Waals surface area contributed by atoms with Crippen molar-refractivity contribution in [2.45, 2.75) is 19.6 Å². The van der Waals surface area contributed by atoms with Crippen molar-refractivity contribution < 1.29 is 14.6 Å². The van der Waals surface area contributed by atoms with Crippen LogP contribution in [0.1, 0.15) is 10.4 Å². The van der Waals surface area contributed by atoms with E-state index in [9.17, 15) is 9.90 Å². The minimum Gasteiger partial charge on any atom is -0.389 e. The average molecular weight is 427 g/mol. The van der Waals surface area contributed by atoms with E-state index in [4.69, 9.17) is 4.74 Å². The molecule has 1 unspecified atom stereocenters. The number of nitrogens with zero attached hydrogens (tertiary/aromatic N) is 1. The number of anilines is 1. The van der Waals surface area contributed by atoms with Gasteiger partial charge in [-0.15, -0.1) is 11.3 Å². The molecule has 7 heteroatoms. The highest BCUT2D eigenvalue weighted by atomic mass is 79.9. The van der Waals surface area contributed by atoms with Gasteiger partial charge >= 0.3 is 0 Å². The molecule has 0 aliphatic heterocycles. The second kappa shape index (κ2) is 10.0. The number of benzene rings is 1. The first-order chi connectivity index (χ1) is 11.9. The summed E-state index contributed by atoms with van der Waals surface area (Å²) in [6.07, 6.45) is -0.632. The maximum Gasteiger partial charge on any atom is 0.238 e. The summed E-state index contributed by atoms with van der Waals surface area (Å²) in [4.78, 5) is 15.0. The molecule has 0 aliphatic carbocycles. The zero-order chi connectivity index (χ0) is 18.2. The van der Waals surface area contributed by atoms with Gasteiger partial charge in [-0.3, -0.25) is 9.69 Å².